The Hall–Kier alpha value is -1.15. The maximum absolute atomic E-state index is 12.0. The van der Waals surface area contributed by atoms with Gasteiger partial charge in [-0.3, -0.25) is 4.79 Å². The number of carbonyl (C=O) groups is 1. The Morgan fingerprint density at radius 1 is 1.19 bits per heavy atom. The number of likely N-dealkylation sites (tertiary alicyclic amines) is 1. The zero-order chi connectivity index (χ0) is 11.6. The van der Waals surface area contributed by atoms with Crippen molar-refractivity contribution in [2.75, 3.05) is 20.1 Å². The Bertz CT molecular complexity index is 364. The Morgan fingerprint density at radius 2 is 1.75 bits per heavy atom. The second-order valence-electron chi connectivity index (χ2n) is 4.81. The molecule has 0 atom stereocenters. The maximum atomic E-state index is 12.0. The average molecular weight is 217 g/mol. The highest BCUT2D eigenvalue weighted by molar-refractivity contribution is 5.88. The second kappa shape index (κ2) is 4.38. The van der Waals surface area contributed by atoms with E-state index >= 15 is 0 Å². The predicted octanol–water partition coefficient (Wildman–Crippen LogP) is 2.24. The third-order valence-electron chi connectivity index (χ3n) is 3.84. The summed E-state index contributed by atoms with van der Waals surface area (Å²) in [5.41, 5.74) is 0.962. The van der Waals surface area contributed by atoms with E-state index in [0.29, 0.717) is 5.78 Å². The molecule has 0 aromatic heterocycles. The number of piperidine rings is 1. The first-order valence-electron chi connectivity index (χ1n) is 5.90. The Balaban J connectivity index is 2.34. The topological polar surface area (TPSA) is 20.3 Å². The van der Waals surface area contributed by atoms with Crippen LogP contribution in [-0.4, -0.2) is 30.8 Å². The first-order chi connectivity index (χ1) is 7.65. The highest BCUT2D eigenvalue weighted by Gasteiger charge is 2.39. The summed E-state index contributed by atoms with van der Waals surface area (Å²) in [6, 6.07) is 10.2. The first-order valence-corrected chi connectivity index (χ1v) is 5.90. The van der Waals surface area contributed by atoms with Crippen LogP contribution in [0.3, 0.4) is 0 Å². The van der Waals surface area contributed by atoms with Gasteiger partial charge in [0.25, 0.3) is 0 Å². The van der Waals surface area contributed by atoms with Crippen molar-refractivity contribution in [2.45, 2.75) is 25.2 Å². The maximum Gasteiger partial charge on any atom is 0.140 e. The SMILES string of the molecule is CC(=O)C1(c2ccccc2)CCN(C)CC1. The number of carbonyl (C=O) groups excluding carboxylic acids is 1. The fourth-order valence-electron chi connectivity index (χ4n) is 2.60. The molecule has 2 rings (SSSR count). The van der Waals surface area contributed by atoms with Crippen molar-refractivity contribution in [1.29, 1.82) is 0 Å². The molecular weight excluding hydrogens is 198 g/mol. The minimum absolute atomic E-state index is 0.228. The van der Waals surface area contributed by atoms with Gasteiger partial charge < -0.3 is 4.90 Å². The summed E-state index contributed by atoms with van der Waals surface area (Å²) in [4.78, 5) is 14.3. The summed E-state index contributed by atoms with van der Waals surface area (Å²) >= 11 is 0. The molecule has 1 aliphatic heterocycles. The number of rotatable bonds is 2. The van der Waals surface area contributed by atoms with E-state index in [0.717, 1.165) is 25.9 Å². The molecule has 86 valence electrons. The van der Waals surface area contributed by atoms with Gasteiger partial charge in [0, 0.05) is 0 Å². The molecular formula is C14H19NO. The molecule has 0 aliphatic carbocycles. The van der Waals surface area contributed by atoms with Gasteiger partial charge in [-0.2, -0.15) is 0 Å². The zero-order valence-electron chi connectivity index (χ0n) is 10.1. The van der Waals surface area contributed by atoms with Crippen molar-refractivity contribution in [2.24, 2.45) is 0 Å². The van der Waals surface area contributed by atoms with Crippen molar-refractivity contribution in [3.05, 3.63) is 35.9 Å². The molecule has 1 aliphatic rings. The molecule has 1 aromatic carbocycles. The average Bonchev–Trinajstić information content (AvgIpc) is 2.31. The summed E-state index contributed by atoms with van der Waals surface area (Å²) in [5, 5.41) is 0. The number of benzene rings is 1. The number of nitrogens with zero attached hydrogens (tertiary/aromatic N) is 1. The monoisotopic (exact) mass is 217 g/mol. The molecule has 0 radical (unpaired) electrons. The van der Waals surface area contributed by atoms with Gasteiger partial charge in [0.15, 0.2) is 0 Å². The van der Waals surface area contributed by atoms with Crippen LogP contribution in [0.2, 0.25) is 0 Å². The molecule has 1 fully saturated rings. The first kappa shape index (κ1) is 11.3. The Labute approximate surface area is 97.3 Å². The van der Waals surface area contributed by atoms with E-state index in [2.05, 4.69) is 24.1 Å². The fraction of sp³-hybridized carbons (Fsp3) is 0.500. The minimum atomic E-state index is -0.228. The van der Waals surface area contributed by atoms with Crippen LogP contribution in [-0.2, 0) is 10.2 Å². The molecule has 2 nitrogen and oxygen atoms in total. The van der Waals surface area contributed by atoms with Crippen molar-refractivity contribution in [3.8, 4) is 0 Å². The van der Waals surface area contributed by atoms with Gasteiger partial charge in [-0.05, 0) is 45.5 Å². The zero-order valence-corrected chi connectivity index (χ0v) is 10.1. The highest BCUT2D eigenvalue weighted by atomic mass is 16.1. The Kier molecular flexibility index (Phi) is 3.10. The lowest BCUT2D eigenvalue weighted by Gasteiger charge is -2.39. The van der Waals surface area contributed by atoms with Gasteiger partial charge in [-0.25, -0.2) is 0 Å². The van der Waals surface area contributed by atoms with Crippen LogP contribution in [0.1, 0.15) is 25.3 Å². The lowest BCUT2D eigenvalue weighted by Crippen LogP contribution is -2.45. The highest BCUT2D eigenvalue weighted by Crippen LogP contribution is 2.35. The lowest BCUT2D eigenvalue weighted by atomic mass is 9.70. The van der Waals surface area contributed by atoms with Crippen molar-refractivity contribution < 1.29 is 4.79 Å². The molecule has 1 aromatic rings. The van der Waals surface area contributed by atoms with Gasteiger partial charge in [0.1, 0.15) is 5.78 Å². The van der Waals surface area contributed by atoms with Gasteiger partial charge >= 0.3 is 0 Å². The standard InChI is InChI=1S/C14H19NO/c1-12(16)14(8-10-15(2)11-9-14)13-6-4-3-5-7-13/h3-7H,8-11H2,1-2H3. The molecule has 0 saturated carbocycles. The van der Waals surface area contributed by atoms with E-state index in [4.69, 9.17) is 0 Å². The Morgan fingerprint density at radius 3 is 2.25 bits per heavy atom. The summed E-state index contributed by atoms with van der Waals surface area (Å²) in [6.45, 7) is 3.75. The molecule has 1 saturated heterocycles. The smallest absolute Gasteiger partial charge is 0.140 e. The number of hydrogen-bond donors (Lipinski definition) is 0. The van der Waals surface area contributed by atoms with E-state index in [1.165, 1.54) is 5.56 Å². The summed E-state index contributed by atoms with van der Waals surface area (Å²) in [6.07, 6.45) is 1.89. The molecule has 0 unspecified atom stereocenters. The van der Waals surface area contributed by atoms with Crippen LogP contribution in [0.15, 0.2) is 30.3 Å². The van der Waals surface area contributed by atoms with Crippen LogP contribution in [0.5, 0.6) is 0 Å². The largest absolute Gasteiger partial charge is 0.306 e. The lowest BCUT2D eigenvalue weighted by molar-refractivity contribution is -0.124. The molecule has 16 heavy (non-hydrogen) atoms. The number of hydrogen-bond acceptors (Lipinski definition) is 2. The fourth-order valence-corrected chi connectivity index (χ4v) is 2.60. The molecule has 2 heteroatoms. The summed E-state index contributed by atoms with van der Waals surface area (Å²) < 4.78 is 0. The van der Waals surface area contributed by atoms with Crippen LogP contribution in [0, 0.1) is 0 Å². The molecule has 0 N–H and O–H groups in total. The van der Waals surface area contributed by atoms with E-state index in [9.17, 15) is 4.79 Å². The van der Waals surface area contributed by atoms with E-state index in [1.54, 1.807) is 6.92 Å². The summed E-state index contributed by atoms with van der Waals surface area (Å²) in [5.74, 6) is 0.312. The van der Waals surface area contributed by atoms with E-state index in [1.807, 2.05) is 18.2 Å². The summed E-state index contributed by atoms with van der Waals surface area (Å²) in [7, 11) is 2.12. The van der Waals surface area contributed by atoms with Gasteiger partial charge in [-0.15, -0.1) is 0 Å². The van der Waals surface area contributed by atoms with Gasteiger partial charge in [-0.1, -0.05) is 30.3 Å². The van der Waals surface area contributed by atoms with Gasteiger partial charge in [0.2, 0.25) is 0 Å². The van der Waals surface area contributed by atoms with E-state index < -0.39 is 0 Å². The van der Waals surface area contributed by atoms with Crippen LogP contribution >= 0.6 is 0 Å². The van der Waals surface area contributed by atoms with Crippen molar-refractivity contribution in [1.82, 2.24) is 4.90 Å². The number of Topliss-reactive ketones (excluding diaryl/α,β-unsaturated/α-hetero) is 1. The van der Waals surface area contributed by atoms with E-state index in [-0.39, 0.29) is 5.41 Å². The van der Waals surface area contributed by atoms with Crippen LogP contribution < -0.4 is 0 Å². The van der Waals surface area contributed by atoms with Crippen molar-refractivity contribution >= 4 is 5.78 Å². The molecule has 0 spiro atoms. The third kappa shape index (κ3) is 1.90. The molecule has 0 bridgehead atoms. The molecule has 1 heterocycles. The second-order valence-corrected chi connectivity index (χ2v) is 4.81. The normalized spacial score (nSPS) is 20.6. The minimum Gasteiger partial charge on any atom is -0.306 e. The van der Waals surface area contributed by atoms with Crippen LogP contribution in [0.25, 0.3) is 0 Å². The number of ketones is 1. The predicted molar refractivity (Wildman–Crippen MR) is 65.5 cm³/mol. The molecule has 0 amide bonds. The quantitative estimate of drug-likeness (QED) is 0.757. The van der Waals surface area contributed by atoms with Crippen LogP contribution in [0.4, 0.5) is 0 Å². The third-order valence-corrected chi connectivity index (χ3v) is 3.84. The van der Waals surface area contributed by atoms with Crippen molar-refractivity contribution in [3.63, 3.8) is 0 Å². The van der Waals surface area contributed by atoms with Gasteiger partial charge in [0.05, 0.1) is 5.41 Å².